The molecule has 0 saturated heterocycles. The van der Waals surface area contributed by atoms with Gasteiger partial charge in [-0.2, -0.15) is 0 Å². The van der Waals surface area contributed by atoms with E-state index in [2.05, 4.69) is 5.32 Å². The summed E-state index contributed by atoms with van der Waals surface area (Å²) in [4.78, 5) is 21.1. The number of aromatic carboxylic acids is 1. The largest absolute Gasteiger partial charge is 0.478 e. The highest BCUT2D eigenvalue weighted by Crippen LogP contribution is 2.22. The summed E-state index contributed by atoms with van der Waals surface area (Å²) in [6.45, 7) is 3.56. The van der Waals surface area contributed by atoms with Crippen LogP contribution in [0.25, 0.3) is 0 Å². The van der Waals surface area contributed by atoms with Gasteiger partial charge >= 0.3 is 5.97 Å². The van der Waals surface area contributed by atoms with Crippen molar-refractivity contribution in [1.29, 1.82) is 0 Å². The summed E-state index contributed by atoms with van der Waals surface area (Å²) in [6, 6.07) is 3.35. The van der Waals surface area contributed by atoms with Crippen molar-refractivity contribution >= 4 is 18.1 Å². The number of anilines is 1. The third kappa shape index (κ3) is 1.90. The Morgan fingerprint density at radius 1 is 1.43 bits per heavy atom. The summed E-state index contributed by atoms with van der Waals surface area (Å²) in [7, 11) is 0. The maximum absolute atomic E-state index is 10.8. The fourth-order valence-electron chi connectivity index (χ4n) is 1.39. The number of carboxylic acids is 1. The molecule has 74 valence electrons. The first-order chi connectivity index (χ1) is 6.56. The van der Waals surface area contributed by atoms with Crippen molar-refractivity contribution in [3.8, 4) is 0 Å². The van der Waals surface area contributed by atoms with E-state index in [1.807, 2.05) is 13.0 Å². The van der Waals surface area contributed by atoms with Gasteiger partial charge < -0.3 is 10.4 Å². The lowest BCUT2D eigenvalue weighted by molar-refractivity contribution is -0.105. The molecule has 0 atom stereocenters. The van der Waals surface area contributed by atoms with E-state index in [1.165, 1.54) is 6.07 Å². The number of carboxylic acid groups (broad SMARTS) is 1. The second-order valence-electron chi connectivity index (χ2n) is 3.07. The van der Waals surface area contributed by atoms with Crippen LogP contribution < -0.4 is 5.32 Å². The Kier molecular flexibility index (Phi) is 2.86. The van der Waals surface area contributed by atoms with Gasteiger partial charge in [0.15, 0.2) is 0 Å². The molecule has 1 aromatic rings. The second-order valence-corrected chi connectivity index (χ2v) is 3.07. The first-order valence-corrected chi connectivity index (χ1v) is 4.11. The van der Waals surface area contributed by atoms with Crippen LogP contribution >= 0.6 is 0 Å². The molecule has 0 spiro atoms. The number of nitrogens with one attached hydrogen (secondary N) is 1. The summed E-state index contributed by atoms with van der Waals surface area (Å²) in [5.74, 6) is -1.04. The van der Waals surface area contributed by atoms with E-state index in [1.54, 1.807) is 6.92 Å². The van der Waals surface area contributed by atoms with Gasteiger partial charge in [-0.25, -0.2) is 4.79 Å². The van der Waals surface area contributed by atoms with Gasteiger partial charge in [0.1, 0.15) is 0 Å². The highest BCUT2D eigenvalue weighted by molar-refractivity contribution is 5.97. The fraction of sp³-hybridized carbons (Fsp3) is 0.200. The monoisotopic (exact) mass is 193 g/mol. The molecule has 4 nitrogen and oxygen atoms in total. The summed E-state index contributed by atoms with van der Waals surface area (Å²) >= 11 is 0. The zero-order valence-electron chi connectivity index (χ0n) is 8.00. The lowest BCUT2D eigenvalue weighted by atomic mass is 10.0. The Morgan fingerprint density at radius 3 is 2.57 bits per heavy atom. The Morgan fingerprint density at radius 2 is 2.07 bits per heavy atom. The number of benzene rings is 1. The standard InChI is InChI=1S/C10H11NO3/c1-6-3-7(2)9(11-5-12)8(4-6)10(13)14/h3-5H,1-2H3,(H,11,12)(H,13,14). The summed E-state index contributed by atoms with van der Waals surface area (Å²) in [6.07, 6.45) is 0.476. The van der Waals surface area contributed by atoms with Crippen LogP contribution in [0.5, 0.6) is 0 Å². The number of carbonyl (C=O) groups is 2. The van der Waals surface area contributed by atoms with Crippen LogP contribution in [0.15, 0.2) is 12.1 Å². The zero-order chi connectivity index (χ0) is 10.7. The Bertz CT molecular complexity index is 385. The smallest absolute Gasteiger partial charge is 0.337 e. The molecule has 0 aliphatic heterocycles. The molecule has 1 aromatic carbocycles. The first kappa shape index (κ1) is 10.2. The van der Waals surface area contributed by atoms with Crippen molar-refractivity contribution in [1.82, 2.24) is 0 Å². The lowest BCUT2D eigenvalue weighted by Crippen LogP contribution is -2.06. The number of amides is 1. The van der Waals surface area contributed by atoms with Crippen LogP contribution in [-0.4, -0.2) is 17.5 Å². The van der Waals surface area contributed by atoms with Gasteiger partial charge in [-0.05, 0) is 31.0 Å². The molecule has 2 N–H and O–H groups in total. The average Bonchev–Trinajstić information content (AvgIpc) is 2.09. The molecule has 0 aromatic heterocycles. The number of carbonyl (C=O) groups excluding carboxylic acids is 1. The van der Waals surface area contributed by atoms with Crippen LogP contribution in [0.2, 0.25) is 0 Å². The molecule has 0 radical (unpaired) electrons. The highest BCUT2D eigenvalue weighted by Gasteiger charge is 2.12. The first-order valence-electron chi connectivity index (χ1n) is 4.11. The van der Waals surface area contributed by atoms with E-state index in [9.17, 15) is 9.59 Å². The molecule has 0 bridgehead atoms. The molecule has 0 unspecified atom stereocenters. The maximum atomic E-state index is 10.8. The number of hydrogen-bond acceptors (Lipinski definition) is 2. The Labute approximate surface area is 81.6 Å². The second kappa shape index (κ2) is 3.91. The molecule has 0 aliphatic rings. The van der Waals surface area contributed by atoms with Crippen molar-refractivity contribution in [3.05, 3.63) is 28.8 Å². The van der Waals surface area contributed by atoms with Crippen LogP contribution in [0.1, 0.15) is 21.5 Å². The number of aryl methyl sites for hydroxylation is 2. The van der Waals surface area contributed by atoms with Crippen molar-refractivity contribution in [2.24, 2.45) is 0 Å². The minimum atomic E-state index is -1.04. The Balaban J connectivity index is 3.35. The third-order valence-electron chi connectivity index (χ3n) is 1.91. The van der Waals surface area contributed by atoms with Crippen LogP contribution in [-0.2, 0) is 4.79 Å². The molecule has 4 heteroatoms. The maximum Gasteiger partial charge on any atom is 0.337 e. The van der Waals surface area contributed by atoms with Crippen LogP contribution in [0.4, 0.5) is 5.69 Å². The molecule has 1 rings (SSSR count). The summed E-state index contributed by atoms with van der Waals surface area (Å²) < 4.78 is 0. The van der Waals surface area contributed by atoms with Gasteiger partial charge in [0, 0.05) is 0 Å². The van der Waals surface area contributed by atoms with E-state index in [0.717, 1.165) is 11.1 Å². The van der Waals surface area contributed by atoms with E-state index in [0.29, 0.717) is 12.1 Å². The molecule has 0 fully saturated rings. The van der Waals surface area contributed by atoms with Gasteiger partial charge in [-0.1, -0.05) is 6.07 Å². The van der Waals surface area contributed by atoms with Gasteiger partial charge in [-0.15, -0.1) is 0 Å². The number of hydrogen-bond donors (Lipinski definition) is 2. The van der Waals surface area contributed by atoms with Gasteiger partial charge in [-0.3, -0.25) is 4.79 Å². The van der Waals surface area contributed by atoms with Gasteiger partial charge in [0.2, 0.25) is 6.41 Å². The topological polar surface area (TPSA) is 66.4 Å². The predicted molar refractivity (Wildman–Crippen MR) is 52.6 cm³/mol. The minimum absolute atomic E-state index is 0.120. The molecule has 0 aliphatic carbocycles. The van der Waals surface area contributed by atoms with Crippen LogP contribution in [0.3, 0.4) is 0 Å². The molecule has 1 amide bonds. The minimum Gasteiger partial charge on any atom is -0.478 e. The van der Waals surface area contributed by atoms with E-state index in [-0.39, 0.29) is 5.56 Å². The molecule has 0 saturated carbocycles. The van der Waals surface area contributed by atoms with E-state index >= 15 is 0 Å². The van der Waals surface area contributed by atoms with Crippen molar-refractivity contribution in [2.75, 3.05) is 5.32 Å². The SMILES string of the molecule is Cc1cc(C)c(NC=O)c(C(=O)O)c1. The number of rotatable bonds is 3. The van der Waals surface area contributed by atoms with Crippen molar-refractivity contribution in [3.63, 3.8) is 0 Å². The normalized spacial score (nSPS) is 9.57. The molecule has 14 heavy (non-hydrogen) atoms. The van der Waals surface area contributed by atoms with Gasteiger partial charge in [0.05, 0.1) is 11.3 Å². The van der Waals surface area contributed by atoms with Gasteiger partial charge in [0.25, 0.3) is 0 Å². The predicted octanol–water partition coefficient (Wildman–Crippen LogP) is 1.57. The highest BCUT2D eigenvalue weighted by atomic mass is 16.4. The molecular formula is C10H11NO3. The fourth-order valence-corrected chi connectivity index (χ4v) is 1.39. The zero-order valence-corrected chi connectivity index (χ0v) is 8.00. The quantitative estimate of drug-likeness (QED) is 0.716. The molecular weight excluding hydrogens is 182 g/mol. The van der Waals surface area contributed by atoms with E-state index in [4.69, 9.17) is 5.11 Å². The summed E-state index contributed by atoms with van der Waals surface area (Å²) in [5, 5.41) is 11.3. The molecule has 0 heterocycles. The Hall–Kier alpha value is -1.84. The van der Waals surface area contributed by atoms with Crippen molar-refractivity contribution in [2.45, 2.75) is 13.8 Å². The van der Waals surface area contributed by atoms with Crippen LogP contribution in [0, 0.1) is 13.8 Å². The third-order valence-corrected chi connectivity index (χ3v) is 1.91. The lowest BCUT2D eigenvalue weighted by Gasteiger charge is -2.09. The van der Waals surface area contributed by atoms with E-state index < -0.39 is 5.97 Å². The van der Waals surface area contributed by atoms with Crippen molar-refractivity contribution < 1.29 is 14.7 Å². The average molecular weight is 193 g/mol. The summed E-state index contributed by atoms with van der Waals surface area (Å²) in [5.41, 5.74) is 2.08.